The van der Waals surface area contributed by atoms with Crippen LogP contribution in [0, 0.1) is 5.92 Å². The van der Waals surface area contributed by atoms with Crippen molar-refractivity contribution in [3.63, 3.8) is 0 Å². The summed E-state index contributed by atoms with van der Waals surface area (Å²) in [6, 6.07) is 7.16. The van der Waals surface area contributed by atoms with Crippen molar-refractivity contribution in [1.29, 1.82) is 0 Å². The van der Waals surface area contributed by atoms with Gasteiger partial charge >= 0.3 is 17.9 Å². The van der Waals surface area contributed by atoms with E-state index in [1.54, 1.807) is 11.8 Å². The van der Waals surface area contributed by atoms with Gasteiger partial charge in [0, 0.05) is 0 Å². The van der Waals surface area contributed by atoms with Crippen molar-refractivity contribution in [2.45, 2.75) is 51.2 Å². The number of benzene rings is 1. The molecule has 172 valence electrons. The van der Waals surface area contributed by atoms with Gasteiger partial charge in [-0.2, -0.15) is 11.8 Å². The smallest absolute Gasteiger partial charge is 0.320 e. The summed E-state index contributed by atoms with van der Waals surface area (Å²) in [6.45, 7) is 3.76. The van der Waals surface area contributed by atoms with Crippen LogP contribution >= 0.6 is 11.8 Å². The predicted octanol–water partition coefficient (Wildman–Crippen LogP) is 1.24. The highest BCUT2D eigenvalue weighted by Crippen LogP contribution is 2.04. The van der Waals surface area contributed by atoms with E-state index in [-0.39, 0.29) is 5.92 Å². The van der Waals surface area contributed by atoms with E-state index in [1.165, 1.54) is 0 Å². The first-order chi connectivity index (χ1) is 14.0. The Hall–Kier alpha value is -2.14. The van der Waals surface area contributed by atoms with Gasteiger partial charge in [-0.05, 0) is 36.3 Å². The minimum atomic E-state index is -0.959. The summed E-state index contributed by atoms with van der Waals surface area (Å²) in [5.74, 6) is -1.90. The Balaban J connectivity index is 0. The van der Waals surface area contributed by atoms with Gasteiger partial charge in [0.25, 0.3) is 0 Å². The molecule has 0 saturated heterocycles. The molecule has 0 amide bonds. The minimum absolute atomic E-state index is 0.0718. The SMILES string of the molecule is CCC(C)C(N)C(=O)O.CSCCC(N)C(=O)O.NC(Cc1ccccc1)C(=O)O. The highest BCUT2D eigenvalue weighted by Gasteiger charge is 2.17. The molecule has 0 aliphatic heterocycles. The lowest BCUT2D eigenvalue weighted by Crippen LogP contribution is -2.36. The Morgan fingerprint density at radius 2 is 1.43 bits per heavy atom. The Morgan fingerprint density at radius 3 is 1.77 bits per heavy atom. The molecule has 1 rings (SSSR count). The van der Waals surface area contributed by atoms with Crippen LogP contribution in [0.2, 0.25) is 0 Å². The summed E-state index contributed by atoms with van der Waals surface area (Å²) >= 11 is 1.60. The average Bonchev–Trinajstić information content (AvgIpc) is 2.72. The number of hydrogen-bond acceptors (Lipinski definition) is 7. The Bertz CT molecular complexity index is 618. The molecule has 9 nitrogen and oxygen atoms in total. The van der Waals surface area contributed by atoms with Gasteiger partial charge in [0.05, 0.1) is 0 Å². The zero-order valence-corrected chi connectivity index (χ0v) is 18.5. The number of carboxylic acids is 3. The molecule has 0 fully saturated rings. The molecule has 1 aromatic rings. The summed E-state index contributed by atoms with van der Waals surface area (Å²) in [5, 5.41) is 25.2. The molecule has 0 saturated carbocycles. The van der Waals surface area contributed by atoms with Crippen LogP contribution in [-0.2, 0) is 20.8 Å². The molecule has 0 spiro atoms. The van der Waals surface area contributed by atoms with Crippen LogP contribution in [-0.4, -0.2) is 63.4 Å². The first kappa shape index (κ1) is 30.1. The van der Waals surface area contributed by atoms with E-state index in [4.69, 9.17) is 32.5 Å². The lowest BCUT2D eigenvalue weighted by atomic mass is 10.0. The van der Waals surface area contributed by atoms with Gasteiger partial charge in [0.15, 0.2) is 0 Å². The lowest BCUT2D eigenvalue weighted by molar-refractivity contribution is -0.140. The van der Waals surface area contributed by atoms with Gasteiger partial charge in [-0.1, -0.05) is 50.6 Å². The normalized spacial score (nSPS) is 13.9. The van der Waals surface area contributed by atoms with Gasteiger partial charge in [0.2, 0.25) is 0 Å². The second-order valence-corrected chi connectivity index (χ2v) is 7.60. The number of hydrogen-bond donors (Lipinski definition) is 6. The van der Waals surface area contributed by atoms with Crippen molar-refractivity contribution in [3.8, 4) is 0 Å². The molecule has 9 N–H and O–H groups in total. The van der Waals surface area contributed by atoms with Gasteiger partial charge in [-0.25, -0.2) is 0 Å². The molecule has 0 aliphatic carbocycles. The molecule has 0 aromatic heterocycles. The van der Waals surface area contributed by atoms with E-state index in [0.29, 0.717) is 12.8 Å². The van der Waals surface area contributed by atoms with Crippen molar-refractivity contribution in [3.05, 3.63) is 35.9 Å². The third kappa shape index (κ3) is 15.7. The fourth-order valence-corrected chi connectivity index (χ4v) is 2.31. The average molecular weight is 446 g/mol. The van der Waals surface area contributed by atoms with Crippen LogP contribution in [0.3, 0.4) is 0 Å². The summed E-state index contributed by atoms with van der Waals surface area (Å²) in [4.78, 5) is 30.6. The van der Waals surface area contributed by atoms with Crippen LogP contribution in [0.25, 0.3) is 0 Å². The maximum Gasteiger partial charge on any atom is 0.320 e. The molecule has 0 heterocycles. The molecule has 1 aromatic carbocycles. The third-order valence-corrected chi connectivity index (χ3v) is 4.75. The summed E-state index contributed by atoms with van der Waals surface area (Å²) in [5.41, 5.74) is 16.8. The first-order valence-corrected chi connectivity index (χ1v) is 10.8. The Labute approximate surface area is 182 Å². The summed E-state index contributed by atoms with van der Waals surface area (Å²) < 4.78 is 0. The molecule has 4 unspecified atom stereocenters. The standard InChI is InChI=1S/C9H11NO2.C6H13NO2.C5H11NO2S/c10-8(9(11)12)6-7-4-2-1-3-5-7;1-3-4(2)5(7)6(8)9;1-9-3-2-4(6)5(7)8/h1-5,8H,6,10H2,(H,11,12);4-5H,3,7H2,1-2H3,(H,8,9);4H,2-3,6H2,1H3,(H,7,8). The van der Waals surface area contributed by atoms with Gasteiger partial charge in [0.1, 0.15) is 18.1 Å². The fourth-order valence-electron chi connectivity index (χ4n) is 1.82. The lowest BCUT2D eigenvalue weighted by Gasteiger charge is -2.11. The number of nitrogens with two attached hydrogens (primary N) is 3. The molecular formula is C20H35N3O6S. The van der Waals surface area contributed by atoms with Crippen molar-refractivity contribution in [1.82, 2.24) is 0 Å². The van der Waals surface area contributed by atoms with Crippen LogP contribution in [0.1, 0.15) is 32.3 Å². The largest absolute Gasteiger partial charge is 0.480 e. The van der Waals surface area contributed by atoms with Crippen molar-refractivity contribution < 1.29 is 29.7 Å². The maximum atomic E-state index is 10.4. The Kier molecular flexibility index (Phi) is 17.7. The van der Waals surface area contributed by atoms with Gasteiger partial charge in [-0.3, -0.25) is 14.4 Å². The van der Waals surface area contributed by atoms with E-state index in [1.807, 2.05) is 50.4 Å². The van der Waals surface area contributed by atoms with E-state index in [0.717, 1.165) is 17.7 Å². The first-order valence-electron chi connectivity index (χ1n) is 9.45. The molecule has 10 heteroatoms. The summed E-state index contributed by atoms with van der Waals surface area (Å²) in [7, 11) is 0. The Morgan fingerprint density at radius 1 is 0.933 bits per heavy atom. The van der Waals surface area contributed by atoms with E-state index in [9.17, 15) is 14.4 Å². The fraction of sp³-hybridized carbons (Fsp3) is 0.550. The highest BCUT2D eigenvalue weighted by atomic mass is 32.2. The molecule has 0 radical (unpaired) electrons. The zero-order chi connectivity index (χ0) is 23.7. The monoisotopic (exact) mass is 445 g/mol. The molecule has 4 atom stereocenters. The second-order valence-electron chi connectivity index (χ2n) is 6.61. The quantitative estimate of drug-likeness (QED) is 0.305. The second kappa shape index (κ2) is 17.7. The predicted molar refractivity (Wildman–Crippen MR) is 119 cm³/mol. The maximum absolute atomic E-state index is 10.4. The molecule has 30 heavy (non-hydrogen) atoms. The minimum Gasteiger partial charge on any atom is -0.480 e. The van der Waals surface area contributed by atoms with E-state index < -0.39 is 36.0 Å². The third-order valence-electron chi connectivity index (χ3n) is 4.11. The van der Waals surface area contributed by atoms with Gasteiger partial charge in [-0.15, -0.1) is 0 Å². The number of thioether (sulfide) groups is 1. The van der Waals surface area contributed by atoms with Crippen molar-refractivity contribution in [2.24, 2.45) is 23.1 Å². The van der Waals surface area contributed by atoms with E-state index in [2.05, 4.69) is 0 Å². The topological polar surface area (TPSA) is 190 Å². The van der Waals surface area contributed by atoms with Gasteiger partial charge < -0.3 is 32.5 Å². The molecular weight excluding hydrogens is 410 g/mol. The van der Waals surface area contributed by atoms with Crippen molar-refractivity contribution >= 4 is 29.7 Å². The number of rotatable bonds is 10. The van der Waals surface area contributed by atoms with Crippen LogP contribution in [0.5, 0.6) is 0 Å². The number of carbonyl (C=O) groups is 3. The number of carboxylic acid groups (broad SMARTS) is 3. The van der Waals surface area contributed by atoms with Crippen LogP contribution in [0.15, 0.2) is 30.3 Å². The number of aliphatic carboxylic acids is 3. The zero-order valence-electron chi connectivity index (χ0n) is 17.7. The van der Waals surface area contributed by atoms with E-state index >= 15 is 0 Å². The highest BCUT2D eigenvalue weighted by molar-refractivity contribution is 7.98. The van der Waals surface area contributed by atoms with Crippen molar-refractivity contribution in [2.75, 3.05) is 12.0 Å². The van der Waals surface area contributed by atoms with Crippen LogP contribution in [0.4, 0.5) is 0 Å². The molecule has 0 aliphatic rings. The molecule has 0 bridgehead atoms. The van der Waals surface area contributed by atoms with Crippen LogP contribution < -0.4 is 17.2 Å². The summed E-state index contributed by atoms with van der Waals surface area (Å²) in [6.07, 6.45) is 3.68.